The molecule has 21 heavy (non-hydrogen) atoms. The Kier molecular flexibility index (Phi) is 3.88. The fraction of sp³-hybridized carbons (Fsp3) is 0.412. The molecule has 0 amide bonds. The number of aromatic nitrogens is 2. The number of nitrogens with zero attached hydrogens (tertiary/aromatic N) is 3. The first kappa shape index (κ1) is 14.0. The summed E-state index contributed by atoms with van der Waals surface area (Å²) in [6.07, 6.45) is 8.20. The quantitative estimate of drug-likeness (QED) is 0.765. The van der Waals surface area contributed by atoms with Gasteiger partial charge in [-0.25, -0.2) is 0 Å². The predicted octanol–water partition coefficient (Wildman–Crippen LogP) is 2.79. The second-order valence-corrected chi connectivity index (χ2v) is 5.88. The molecular weight excluding hydrogens is 262 g/mol. The van der Waals surface area contributed by atoms with Crippen LogP contribution in [0.25, 0.3) is 0 Å². The van der Waals surface area contributed by atoms with Crippen LogP contribution >= 0.6 is 0 Å². The van der Waals surface area contributed by atoms with Gasteiger partial charge in [0.2, 0.25) is 0 Å². The molecule has 0 unspecified atom stereocenters. The molecule has 2 aromatic rings. The van der Waals surface area contributed by atoms with E-state index < -0.39 is 0 Å². The molecule has 0 spiro atoms. The van der Waals surface area contributed by atoms with Crippen molar-refractivity contribution in [1.82, 2.24) is 14.5 Å². The number of carbonyl (C=O) groups is 1. The largest absolute Gasteiger partial charge is 0.353 e. The van der Waals surface area contributed by atoms with Crippen molar-refractivity contribution in [3.63, 3.8) is 0 Å². The second-order valence-electron chi connectivity index (χ2n) is 5.88. The average Bonchev–Trinajstić information content (AvgIpc) is 3.24. The van der Waals surface area contributed by atoms with E-state index in [0.717, 1.165) is 18.7 Å². The molecule has 0 saturated heterocycles. The summed E-state index contributed by atoms with van der Waals surface area (Å²) in [6.45, 7) is 3.41. The van der Waals surface area contributed by atoms with Crippen molar-refractivity contribution in [3.8, 4) is 0 Å². The second kappa shape index (κ2) is 5.82. The molecule has 2 heterocycles. The standard InChI is InChI=1S/C17H21N3O/c1-13(21)15-8-17(19(2)11-15)12-20(16-5-6-16)10-14-4-3-7-18-9-14/h3-4,7-9,11,16H,5-6,10,12H2,1-2H3. The lowest BCUT2D eigenvalue weighted by atomic mass is 10.2. The highest BCUT2D eigenvalue weighted by Gasteiger charge is 2.29. The number of hydrogen-bond acceptors (Lipinski definition) is 3. The van der Waals surface area contributed by atoms with E-state index >= 15 is 0 Å². The van der Waals surface area contributed by atoms with Crippen molar-refractivity contribution in [1.29, 1.82) is 0 Å². The minimum Gasteiger partial charge on any atom is -0.353 e. The third-order valence-corrected chi connectivity index (χ3v) is 4.05. The molecule has 0 atom stereocenters. The van der Waals surface area contributed by atoms with Crippen LogP contribution in [0.4, 0.5) is 0 Å². The first-order valence-electron chi connectivity index (χ1n) is 7.42. The molecule has 1 fully saturated rings. The third kappa shape index (κ3) is 3.39. The summed E-state index contributed by atoms with van der Waals surface area (Å²) in [5.41, 5.74) is 3.23. The van der Waals surface area contributed by atoms with Crippen LogP contribution in [0.3, 0.4) is 0 Å². The molecule has 0 radical (unpaired) electrons. The number of carbonyl (C=O) groups excluding carboxylic acids is 1. The van der Waals surface area contributed by atoms with Gasteiger partial charge in [-0.1, -0.05) is 6.07 Å². The first-order valence-corrected chi connectivity index (χ1v) is 7.42. The Labute approximate surface area is 125 Å². The number of aryl methyl sites for hydroxylation is 1. The monoisotopic (exact) mass is 283 g/mol. The summed E-state index contributed by atoms with van der Waals surface area (Å²) < 4.78 is 2.06. The van der Waals surface area contributed by atoms with E-state index in [1.54, 1.807) is 13.1 Å². The predicted molar refractivity (Wildman–Crippen MR) is 81.9 cm³/mol. The smallest absolute Gasteiger partial charge is 0.161 e. The zero-order valence-corrected chi connectivity index (χ0v) is 12.6. The van der Waals surface area contributed by atoms with Gasteiger partial charge < -0.3 is 4.57 Å². The minimum atomic E-state index is 0.127. The molecule has 1 saturated carbocycles. The number of ketones is 1. The van der Waals surface area contributed by atoms with Crippen molar-refractivity contribution in [3.05, 3.63) is 53.6 Å². The highest BCUT2D eigenvalue weighted by molar-refractivity contribution is 5.94. The topological polar surface area (TPSA) is 38.1 Å². The maximum atomic E-state index is 11.5. The molecule has 1 aliphatic rings. The van der Waals surface area contributed by atoms with Crippen LogP contribution in [-0.4, -0.2) is 26.3 Å². The molecule has 3 rings (SSSR count). The lowest BCUT2D eigenvalue weighted by Gasteiger charge is -2.22. The van der Waals surface area contributed by atoms with Crippen molar-refractivity contribution in [2.45, 2.75) is 38.9 Å². The molecule has 2 aromatic heterocycles. The van der Waals surface area contributed by atoms with E-state index in [2.05, 4.69) is 20.5 Å². The van der Waals surface area contributed by atoms with Gasteiger partial charge in [-0.15, -0.1) is 0 Å². The molecule has 0 N–H and O–H groups in total. The van der Waals surface area contributed by atoms with E-state index in [1.165, 1.54) is 24.1 Å². The maximum absolute atomic E-state index is 11.5. The van der Waals surface area contributed by atoms with E-state index in [9.17, 15) is 4.79 Å². The molecule has 110 valence electrons. The molecule has 0 aromatic carbocycles. The maximum Gasteiger partial charge on any atom is 0.161 e. The lowest BCUT2D eigenvalue weighted by Crippen LogP contribution is -2.26. The number of Topliss-reactive ketones (excluding diaryl/α,β-unsaturated/α-hetero) is 1. The molecule has 0 bridgehead atoms. The Hall–Kier alpha value is -1.94. The average molecular weight is 283 g/mol. The Bertz CT molecular complexity index is 629. The Morgan fingerprint density at radius 1 is 1.43 bits per heavy atom. The van der Waals surface area contributed by atoms with Gasteiger partial charge >= 0.3 is 0 Å². The number of rotatable bonds is 6. The van der Waals surface area contributed by atoms with Gasteiger partial charge in [0.15, 0.2) is 5.78 Å². The summed E-state index contributed by atoms with van der Waals surface area (Å²) in [7, 11) is 2.01. The summed E-state index contributed by atoms with van der Waals surface area (Å²) in [5.74, 6) is 0.127. The van der Waals surface area contributed by atoms with Gasteiger partial charge in [0.1, 0.15) is 0 Å². The fourth-order valence-corrected chi connectivity index (χ4v) is 2.65. The molecule has 4 nitrogen and oxygen atoms in total. The summed E-state index contributed by atoms with van der Waals surface area (Å²) in [5, 5.41) is 0. The normalized spacial score (nSPS) is 14.6. The van der Waals surface area contributed by atoms with Crippen LogP contribution in [-0.2, 0) is 20.1 Å². The van der Waals surface area contributed by atoms with Crippen LogP contribution < -0.4 is 0 Å². The minimum absolute atomic E-state index is 0.127. The van der Waals surface area contributed by atoms with Crippen LogP contribution in [0.15, 0.2) is 36.8 Å². The van der Waals surface area contributed by atoms with Gasteiger partial charge in [0, 0.05) is 56.0 Å². The Morgan fingerprint density at radius 3 is 2.81 bits per heavy atom. The van der Waals surface area contributed by atoms with Gasteiger partial charge in [-0.05, 0) is 37.5 Å². The van der Waals surface area contributed by atoms with E-state index in [-0.39, 0.29) is 5.78 Å². The SMILES string of the molecule is CC(=O)c1cc(CN(Cc2cccnc2)C2CC2)n(C)c1. The lowest BCUT2D eigenvalue weighted by molar-refractivity contribution is 0.101. The zero-order valence-electron chi connectivity index (χ0n) is 12.6. The highest BCUT2D eigenvalue weighted by Crippen LogP contribution is 2.30. The Morgan fingerprint density at radius 2 is 2.24 bits per heavy atom. The zero-order chi connectivity index (χ0) is 14.8. The van der Waals surface area contributed by atoms with Crippen LogP contribution in [0.5, 0.6) is 0 Å². The third-order valence-electron chi connectivity index (χ3n) is 4.05. The van der Waals surface area contributed by atoms with Crippen molar-refractivity contribution >= 4 is 5.78 Å². The summed E-state index contributed by atoms with van der Waals surface area (Å²) in [4.78, 5) is 18.2. The molecule has 4 heteroatoms. The summed E-state index contributed by atoms with van der Waals surface area (Å²) >= 11 is 0. The van der Waals surface area contributed by atoms with Gasteiger partial charge in [-0.2, -0.15) is 0 Å². The van der Waals surface area contributed by atoms with E-state index in [0.29, 0.717) is 6.04 Å². The van der Waals surface area contributed by atoms with Crippen molar-refractivity contribution < 1.29 is 4.79 Å². The van der Waals surface area contributed by atoms with E-state index in [1.807, 2.05) is 31.6 Å². The Balaban J connectivity index is 1.75. The highest BCUT2D eigenvalue weighted by atomic mass is 16.1. The first-order chi connectivity index (χ1) is 10.1. The van der Waals surface area contributed by atoms with Crippen LogP contribution in [0, 0.1) is 0 Å². The van der Waals surface area contributed by atoms with Gasteiger partial charge in [0.25, 0.3) is 0 Å². The fourth-order valence-electron chi connectivity index (χ4n) is 2.65. The number of hydrogen-bond donors (Lipinski definition) is 0. The van der Waals surface area contributed by atoms with Crippen LogP contribution in [0.1, 0.15) is 41.4 Å². The van der Waals surface area contributed by atoms with Gasteiger partial charge in [0.05, 0.1) is 0 Å². The summed E-state index contributed by atoms with van der Waals surface area (Å²) in [6, 6.07) is 6.78. The molecule has 0 aliphatic heterocycles. The van der Waals surface area contributed by atoms with E-state index in [4.69, 9.17) is 0 Å². The molecular formula is C17H21N3O. The molecule has 1 aliphatic carbocycles. The van der Waals surface area contributed by atoms with Crippen LogP contribution in [0.2, 0.25) is 0 Å². The van der Waals surface area contributed by atoms with Gasteiger partial charge in [-0.3, -0.25) is 14.7 Å². The van der Waals surface area contributed by atoms with Crippen molar-refractivity contribution in [2.24, 2.45) is 7.05 Å². The van der Waals surface area contributed by atoms with Crippen molar-refractivity contribution in [2.75, 3.05) is 0 Å². The number of pyridine rings is 1.